The van der Waals surface area contributed by atoms with Crippen molar-refractivity contribution in [2.75, 3.05) is 12.4 Å². The molecule has 1 aliphatic rings. The van der Waals surface area contributed by atoms with E-state index in [0.717, 1.165) is 43.4 Å². The number of allylic oxidation sites excluding steroid dienone is 2. The second-order valence-electron chi connectivity index (χ2n) is 4.35. The largest absolute Gasteiger partial charge is 0.416 e. The second kappa shape index (κ2) is 5.00. The van der Waals surface area contributed by atoms with Gasteiger partial charge in [0, 0.05) is 7.05 Å². The van der Waals surface area contributed by atoms with Crippen LogP contribution in [-0.2, 0) is 6.18 Å². The first-order valence-electron chi connectivity index (χ1n) is 5.97. The van der Waals surface area contributed by atoms with Crippen molar-refractivity contribution < 1.29 is 13.2 Å². The van der Waals surface area contributed by atoms with E-state index in [1.807, 2.05) is 6.08 Å². The predicted molar refractivity (Wildman–Crippen MR) is 65.2 cm³/mol. The number of pyridine rings is 1. The molecule has 0 bridgehead atoms. The Kier molecular flexibility index (Phi) is 3.59. The molecule has 1 aliphatic carbocycles. The first-order chi connectivity index (χ1) is 8.50. The molecule has 0 aliphatic heterocycles. The lowest BCUT2D eigenvalue weighted by molar-refractivity contribution is -0.137. The van der Waals surface area contributed by atoms with Gasteiger partial charge in [0.15, 0.2) is 0 Å². The smallest absolute Gasteiger partial charge is 0.373 e. The molecule has 0 amide bonds. The molecule has 0 spiro atoms. The Labute approximate surface area is 104 Å². The summed E-state index contributed by atoms with van der Waals surface area (Å²) in [7, 11) is 1.57. The fourth-order valence-corrected chi connectivity index (χ4v) is 2.06. The summed E-state index contributed by atoms with van der Waals surface area (Å²) in [4.78, 5) is 4.21. The molecular formula is C13H15F3N2. The molecule has 5 heteroatoms. The third-order valence-corrected chi connectivity index (χ3v) is 3.03. The zero-order chi connectivity index (χ0) is 13.2. The SMILES string of the molecule is CNc1cc(C(F)(F)F)cc(C2=CCCCC2)n1. The van der Waals surface area contributed by atoms with Crippen LogP contribution in [0.1, 0.15) is 36.9 Å². The van der Waals surface area contributed by atoms with E-state index < -0.39 is 11.7 Å². The number of halogens is 3. The van der Waals surface area contributed by atoms with E-state index in [-0.39, 0.29) is 5.82 Å². The average Bonchev–Trinajstić information content (AvgIpc) is 2.38. The molecule has 1 heterocycles. The highest BCUT2D eigenvalue weighted by Crippen LogP contribution is 2.34. The molecule has 1 aromatic rings. The van der Waals surface area contributed by atoms with Crippen LogP contribution in [0.3, 0.4) is 0 Å². The van der Waals surface area contributed by atoms with Crippen LogP contribution >= 0.6 is 0 Å². The van der Waals surface area contributed by atoms with Crippen LogP contribution < -0.4 is 5.32 Å². The van der Waals surface area contributed by atoms with Gasteiger partial charge in [0.05, 0.1) is 11.3 Å². The number of alkyl halides is 3. The van der Waals surface area contributed by atoms with Gasteiger partial charge >= 0.3 is 6.18 Å². The van der Waals surface area contributed by atoms with Gasteiger partial charge in [0.1, 0.15) is 5.82 Å². The summed E-state index contributed by atoms with van der Waals surface area (Å²) in [5.74, 6) is 0.256. The van der Waals surface area contributed by atoms with Gasteiger partial charge in [-0.15, -0.1) is 0 Å². The number of rotatable bonds is 2. The van der Waals surface area contributed by atoms with Crippen molar-refractivity contribution >= 4 is 11.4 Å². The van der Waals surface area contributed by atoms with E-state index in [1.54, 1.807) is 7.05 Å². The Balaban J connectivity index is 2.44. The Hall–Kier alpha value is -1.52. The second-order valence-corrected chi connectivity index (χ2v) is 4.35. The molecule has 0 radical (unpaired) electrons. The van der Waals surface area contributed by atoms with Crippen molar-refractivity contribution in [3.8, 4) is 0 Å². The van der Waals surface area contributed by atoms with Gasteiger partial charge in [-0.1, -0.05) is 6.08 Å². The maximum absolute atomic E-state index is 12.8. The van der Waals surface area contributed by atoms with Crippen LogP contribution in [0.2, 0.25) is 0 Å². The molecule has 0 fully saturated rings. The summed E-state index contributed by atoms with van der Waals surface area (Å²) in [5.41, 5.74) is 0.709. The minimum atomic E-state index is -4.33. The highest BCUT2D eigenvalue weighted by Gasteiger charge is 2.31. The summed E-state index contributed by atoms with van der Waals surface area (Å²) in [6, 6.07) is 2.17. The molecule has 2 nitrogen and oxygen atoms in total. The Morgan fingerprint density at radius 3 is 2.56 bits per heavy atom. The van der Waals surface area contributed by atoms with Gasteiger partial charge in [0.25, 0.3) is 0 Å². The number of hydrogen-bond acceptors (Lipinski definition) is 2. The van der Waals surface area contributed by atoms with Gasteiger partial charge in [-0.2, -0.15) is 13.2 Å². The van der Waals surface area contributed by atoms with Crippen LogP contribution in [0, 0.1) is 0 Å². The number of nitrogens with one attached hydrogen (secondary N) is 1. The van der Waals surface area contributed by atoms with Gasteiger partial charge < -0.3 is 5.32 Å². The fourth-order valence-electron chi connectivity index (χ4n) is 2.06. The van der Waals surface area contributed by atoms with Crippen LogP contribution in [0.5, 0.6) is 0 Å². The van der Waals surface area contributed by atoms with Crippen LogP contribution in [0.15, 0.2) is 18.2 Å². The highest BCUT2D eigenvalue weighted by atomic mass is 19.4. The normalized spacial score (nSPS) is 16.3. The van der Waals surface area contributed by atoms with Crippen molar-refractivity contribution in [2.45, 2.75) is 31.9 Å². The maximum atomic E-state index is 12.8. The topological polar surface area (TPSA) is 24.9 Å². The van der Waals surface area contributed by atoms with Crippen molar-refractivity contribution in [1.29, 1.82) is 0 Å². The van der Waals surface area contributed by atoms with E-state index in [0.29, 0.717) is 5.69 Å². The van der Waals surface area contributed by atoms with E-state index in [2.05, 4.69) is 10.3 Å². The molecule has 1 aromatic heterocycles. The van der Waals surface area contributed by atoms with E-state index in [4.69, 9.17) is 0 Å². The summed E-state index contributed by atoms with van der Waals surface area (Å²) in [5, 5.41) is 2.68. The predicted octanol–water partition coefficient (Wildman–Crippen LogP) is 4.10. The molecule has 0 saturated carbocycles. The minimum absolute atomic E-state index is 0.256. The van der Waals surface area contributed by atoms with E-state index >= 15 is 0 Å². The standard InChI is InChI=1S/C13H15F3N2/c1-17-12-8-10(13(14,15)16)7-11(18-12)9-5-3-2-4-6-9/h5,7-8H,2-4,6H2,1H3,(H,17,18). The summed E-state index contributed by atoms with van der Waals surface area (Å²) >= 11 is 0. The Morgan fingerprint density at radius 2 is 2.00 bits per heavy atom. The first kappa shape index (κ1) is 12.9. The zero-order valence-electron chi connectivity index (χ0n) is 10.1. The number of nitrogens with zero attached hydrogens (tertiary/aromatic N) is 1. The lowest BCUT2D eigenvalue weighted by atomic mass is 9.96. The van der Waals surface area contributed by atoms with Crippen LogP contribution in [0.25, 0.3) is 5.57 Å². The van der Waals surface area contributed by atoms with Crippen LogP contribution in [-0.4, -0.2) is 12.0 Å². The van der Waals surface area contributed by atoms with Crippen molar-refractivity contribution in [3.05, 3.63) is 29.5 Å². The number of aromatic nitrogens is 1. The van der Waals surface area contributed by atoms with E-state index in [9.17, 15) is 13.2 Å². The summed E-state index contributed by atoms with van der Waals surface area (Å²) in [6.45, 7) is 0. The average molecular weight is 256 g/mol. The Morgan fingerprint density at radius 1 is 1.22 bits per heavy atom. The molecule has 18 heavy (non-hydrogen) atoms. The molecule has 0 unspecified atom stereocenters. The van der Waals surface area contributed by atoms with Gasteiger partial charge in [0.2, 0.25) is 0 Å². The molecule has 0 aromatic carbocycles. The van der Waals surface area contributed by atoms with Crippen molar-refractivity contribution in [2.24, 2.45) is 0 Å². The highest BCUT2D eigenvalue weighted by molar-refractivity contribution is 5.65. The molecule has 1 N–H and O–H groups in total. The molecule has 98 valence electrons. The van der Waals surface area contributed by atoms with Crippen molar-refractivity contribution in [3.63, 3.8) is 0 Å². The fraction of sp³-hybridized carbons (Fsp3) is 0.462. The first-order valence-corrected chi connectivity index (χ1v) is 5.97. The zero-order valence-corrected chi connectivity index (χ0v) is 10.1. The van der Waals surface area contributed by atoms with E-state index in [1.165, 1.54) is 0 Å². The van der Waals surface area contributed by atoms with Crippen molar-refractivity contribution in [1.82, 2.24) is 4.98 Å². The minimum Gasteiger partial charge on any atom is -0.373 e. The lowest BCUT2D eigenvalue weighted by Crippen LogP contribution is -2.09. The third kappa shape index (κ3) is 2.83. The third-order valence-electron chi connectivity index (χ3n) is 3.03. The number of hydrogen-bond donors (Lipinski definition) is 1. The summed E-state index contributed by atoms with van der Waals surface area (Å²) in [6.07, 6.45) is 1.49. The van der Waals surface area contributed by atoms with Gasteiger partial charge in [-0.05, 0) is 43.4 Å². The van der Waals surface area contributed by atoms with Crippen LogP contribution in [0.4, 0.5) is 19.0 Å². The van der Waals surface area contributed by atoms with Gasteiger partial charge in [-0.3, -0.25) is 0 Å². The molecule has 0 saturated heterocycles. The lowest BCUT2D eigenvalue weighted by Gasteiger charge is -2.15. The monoisotopic (exact) mass is 256 g/mol. The number of anilines is 1. The Bertz CT molecular complexity index is 464. The maximum Gasteiger partial charge on any atom is 0.416 e. The molecular weight excluding hydrogens is 241 g/mol. The summed E-state index contributed by atoms with van der Waals surface area (Å²) < 4.78 is 38.3. The quantitative estimate of drug-likeness (QED) is 0.861. The molecule has 0 atom stereocenters. The van der Waals surface area contributed by atoms with Gasteiger partial charge in [-0.25, -0.2) is 4.98 Å². The molecule has 2 rings (SSSR count).